The van der Waals surface area contributed by atoms with Crippen molar-refractivity contribution < 1.29 is 9.53 Å². The summed E-state index contributed by atoms with van der Waals surface area (Å²) in [6, 6.07) is 1.63. The second-order valence-corrected chi connectivity index (χ2v) is 4.82. The van der Waals surface area contributed by atoms with E-state index in [0.29, 0.717) is 23.7 Å². The van der Waals surface area contributed by atoms with E-state index in [1.165, 1.54) is 13.3 Å². The smallest absolute Gasteiger partial charge is 0.255 e. The number of nitrogens with zero attached hydrogens (tertiary/aromatic N) is 1. The highest BCUT2D eigenvalue weighted by atomic mass is 35.5. The molecule has 0 bridgehead atoms. The molecule has 17 heavy (non-hydrogen) atoms. The number of amides is 1. The standard InChI is InChI=1S/C12H17ClN2O2/c1-12(2,7-13)8-15-11(16)9-4-5-14-6-10(9)17-3/h4-6H,7-8H2,1-3H3,(H,15,16). The molecule has 1 heterocycles. The van der Waals surface area contributed by atoms with Gasteiger partial charge in [-0.05, 0) is 11.5 Å². The Hall–Kier alpha value is -1.29. The summed E-state index contributed by atoms with van der Waals surface area (Å²) in [5.74, 6) is 0.775. The number of halogens is 1. The Morgan fingerprint density at radius 1 is 1.59 bits per heavy atom. The molecule has 0 aliphatic rings. The van der Waals surface area contributed by atoms with Crippen molar-refractivity contribution in [1.82, 2.24) is 10.3 Å². The second-order valence-electron chi connectivity index (χ2n) is 4.56. The zero-order chi connectivity index (χ0) is 12.9. The van der Waals surface area contributed by atoms with Crippen molar-refractivity contribution in [3.8, 4) is 5.75 Å². The summed E-state index contributed by atoms with van der Waals surface area (Å²) >= 11 is 5.80. The third-order valence-electron chi connectivity index (χ3n) is 2.34. The van der Waals surface area contributed by atoms with Crippen LogP contribution in [0, 0.1) is 5.41 Å². The van der Waals surface area contributed by atoms with Crippen molar-refractivity contribution in [2.75, 3.05) is 19.5 Å². The van der Waals surface area contributed by atoms with Gasteiger partial charge >= 0.3 is 0 Å². The zero-order valence-electron chi connectivity index (χ0n) is 10.3. The Kier molecular flexibility index (Phi) is 4.75. The van der Waals surface area contributed by atoms with E-state index in [0.717, 1.165) is 0 Å². The molecular formula is C12H17ClN2O2. The molecule has 0 atom stereocenters. The molecule has 0 unspecified atom stereocenters. The molecule has 94 valence electrons. The average molecular weight is 257 g/mol. The van der Waals surface area contributed by atoms with Gasteiger partial charge in [-0.3, -0.25) is 9.78 Å². The van der Waals surface area contributed by atoms with Crippen molar-refractivity contribution in [3.05, 3.63) is 24.0 Å². The Morgan fingerprint density at radius 2 is 2.29 bits per heavy atom. The lowest BCUT2D eigenvalue weighted by molar-refractivity contribution is 0.0936. The predicted octanol–water partition coefficient (Wildman–Crippen LogP) is 2.08. The van der Waals surface area contributed by atoms with Gasteiger partial charge in [-0.15, -0.1) is 11.6 Å². The molecule has 4 nitrogen and oxygen atoms in total. The lowest BCUT2D eigenvalue weighted by Gasteiger charge is -2.21. The molecule has 1 rings (SSSR count). The maximum absolute atomic E-state index is 11.9. The van der Waals surface area contributed by atoms with E-state index in [2.05, 4.69) is 10.3 Å². The van der Waals surface area contributed by atoms with Crippen LogP contribution < -0.4 is 10.1 Å². The van der Waals surface area contributed by atoms with Crippen molar-refractivity contribution >= 4 is 17.5 Å². The fourth-order valence-electron chi connectivity index (χ4n) is 1.19. The highest BCUT2D eigenvalue weighted by Gasteiger charge is 2.19. The van der Waals surface area contributed by atoms with E-state index in [1.807, 2.05) is 13.8 Å². The van der Waals surface area contributed by atoms with Gasteiger partial charge in [0.15, 0.2) is 0 Å². The van der Waals surface area contributed by atoms with Gasteiger partial charge in [0.1, 0.15) is 5.75 Å². The summed E-state index contributed by atoms with van der Waals surface area (Å²) in [6.07, 6.45) is 3.08. The Labute approximate surface area is 106 Å². The number of pyridine rings is 1. The first-order chi connectivity index (χ1) is 8.00. The van der Waals surface area contributed by atoms with Gasteiger partial charge in [-0.1, -0.05) is 13.8 Å². The topological polar surface area (TPSA) is 51.2 Å². The summed E-state index contributed by atoms with van der Waals surface area (Å²) in [7, 11) is 1.51. The van der Waals surface area contributed by atoms with E-state index in [-0.39, 0.29) is 11.3 Å². The number of hydrogen-bond acceptors (Lipinski definition) is 3. The largest absolute Gasteiger partial charge is 0.494 e. The number of ether oxygens (including phenoxy) is 1. The number of hydrogen-bond donors (Lipinski definition) is 1. The van der Waals surface area contributed by atoms with Gasteiger partial charge in [0.2, 0.25) is 0 Å². The predicted molar refractivity (Wildman–Crippen MR) is 67.6 cm³/mol. The number of carbonyl (C=O) groups is 1. The fourth-order valence-corrected chi connectivity index (χ4v) is 1.29. The summed E-state index contributed by atoms with van der Waals surface area (Å²) in [6.45, 7) is 4.49. The maximum Gasteiger partial charge on any atom is 0.255 e. The lowest BCUT2D eigenvalue weighted by Crippen LogP contribution is -2.35. The SMILES string of the molecule is COc1cnccc1C(=O)NCC(C)(C)CCl. The van der Waals surface area contributed by atoms with Gasteiger partial charge in [-0.2, -0.15) is 0 Å². The van der Waals surface area contributed by atoms with Gasteiger partial charge in [0, 0.05) is 18.6 Å². The number of alkyl halides is 1. The van der Waals surface area contributed by atoms with E-state index in [1.54, 1.807) is 12.3 Å². The Balaban J connectivity index is 2.70. The highest BCUT2D eigenvalue weighted by molar-refractivity contribution is 6.18. The van der Waals surface area contributed by atoms with Crippen LogP contribution in [0.5, 0.6) is 5.75 Å². The summed E-state index contributed by atoms with van der Waals surface area (Å²) < 4.78 is 5.08. The first kappa shape index (κ1) is 13.8. The van der Waals surface area contributed by atoms with E-state index < -0.39 is 0 Å². The minimum Gasteiger partial charge on any atom is -0.494 e. The molecule has 1 aromatic heterocycles. The van der Waals surface area contributed by atoms with Crippen LogP contribution in [0.25, 0.3) is 0 Å². The molecule has 0 spiro atoms. The van der Waals surface area contributed by atoms with Crippen LogP contribution >= 0.6 is 11.6 Å². The average Bonchev–Trinajstić information content (AvgIpc) is 2.36. The van der Waals surface area contributed by atoms with Crippen molar-refractivity contribution in [2.45, 2.75) is 13.8 Å². The quantitative estimate of drug-likeness (QED) is 0.821. The van der Waals surface area contributed by atoms with Crippen LogP contribution in [0.4, 0.5) is 0 Å². The molecule has 0 aromatic carbocycles. The number of carbonyl (C=O) groups excluding carboxylic acids is 1. The van der Waals surface area contributed by atoms with Crippen molar-refractivity contribution in [2.24, 2.45) is 5.41 Å². The maximum atomic E-state index is 11.9. The first-order valence-electron chi connectivity index (χ1n) is 5.32. The van der Waals surface area contributed by atoms with Gasteiger partial charge in [0.25, 0.3) is 5.91 Å². The monoisotopic (exact) mass is 256 g/mol. The lowest BCUT2D eigenvalue weighted by atomic mass is 9.96. The zero-order valence-corrected chi connectivity index (χ0v) is 11.0. The minimum atomic E-state index is -0.178. The van der Waals surface area contributed by atoms with Crippen LogP contribution in [0.15, 0.2) is 18.5 Å². The van der Waals surface area contributed by atoms with Crippen LogP contribution in [0.3, 0.4) is 0 Å². The van der Waals surface area contributed by atoms with Crippen LogP contribution in [-0.2, 0) is 0 Å². The minimum absolute atomic E-state index is 0.127. The molecule has 0 saturated heterocycles. The number of rotatable bonds is 5. The Morgan fingerprint density at radius 3 is 2.88 bits per heavy atom. The second kappa shape index (κ2) is 5.87. The first-order valence-corrected chi connectivity index (χ1v) is 5.86. The molecule has 0 radical (unpaired) electrons. The number of methoxy groups -OCH3 is 1. The summed E-state index contributed by atoms with van der Waals surface area (Å²) in [5.41, 5.74) is 0.352. The Bertz CT molecular complexity index is 394. The summed E-state index contributed by atoms with van der Waals surface area (Å²) in [4.78, 5) is 15.8. The molecule has 0 aliphatic heterocycles. The third-order valence-corrected chi connectivity index (χ3v) is 3.06. The van der Waals surface area contributed by atoms with Crippen molar-refractivity contribution in [1.29, 1.82) is 0 Å². The molecule has 1 aromatic rings. The fraction of sp³-hybridized carbons (Fsp3) is 0.500. The van der Waals surface area contributed by atoms with Crippen LogP contribution in [-0.4, -0.2) is 30.4 Å². The van der Waals surface area contributed by atoms with E-state index in [4.69, 9.17) is 16.3 Å². The normalized spacial score (nSPS) is 11.1. The third kappa shape index (κ3) is 3.89. The van der Waals surface area contributed by atoms with Gasteiger partial charge < -0.3 is 10.1 Å². The van der Waals surface area contributed by atoms with E-state index in [9.17, 15) is 4.79 Å². The molecule has 0 aliphatic carbocycles. The van der Waals surface area contributed by atoms with Gasteiger partial charge in [0.05, 0.1) is 18.9 Å². The van der Waals surface area contributed by atoms with Crippen LogP contribution in [0.2, 0.25) is 0 Å². The highest BCUT2D eigenvalue weighted by Crippen LogP contribution is 2.18. The summed E-state index contributed by atoms with van der Waals surface area (Å²) in [5, 5.41) is 2.83. The molecule has 0 saturated carbocycles. The molecule has 0 fully saturated rings. The molecule has 1 N–H and O–H groups in total. The van der Waals surface area contributed by atoms with Crippen LogP contribution in [0.1, 0.15) is 24.2 Å². The molecule has 5 heteroatoms. The van der Waals surface area contributed by atoms with Gasteiger partial charge in [-0.25, -0.2) is 0 Å². The number of aromatic nitrogens is 1. The number of nitrogens with one attached hydrogen (secondary N) is 1. The van der Waals surface area contributed by atoms with Crippen molar-refractivity contribution in [3.63, 3.8) is 0 Å². The van der Waals surface area contributed by atoms with E-state index >= 15 is 0 Å². The molecule has 1 amide bonds. The molecular weight excluding hydrogens is 240 g/mol.